The van der Waals surface area contributed by atoms with Gasteiger partial charge in [-0.25, -0.2) is 0 Å². The molecule has 0 radical (unpaired) electrons. The largest absolute Gasteiger partial charge is 0.315 e. The third-order valence-corrected chi connectivity index (χ3v) is 4.38. The SMILES string of the molecule is Cc1ccc(SCCN(C)C2CCNC2)cc1. The van der Waals surface area contributed by atoms with E-state index < -0.39 is 0 Å². The molecular weight excluding hydrogens is 228 g/mol. The first kappa shape index (κ1) is 12.9. The molecule has 17 heavy (non-hydrogen) atoms. The Balaban J connectivity index is 1.70. The van der Waals surface area contributed by atoms with E-state index in [9.17, 15) is 0 Å². The summed E-state index contributed by atoms with van der Waals surface area (Å²) in [4.78, 5) is 3.87. The Hall–Kier alpha value is -0.510. The topological polar surface area (TPSA) is 15.3 Å². The molecule has 1 aliphatic rings. The first-order valence-electron chi connectivity index (χ1n) is 6.36. The highest BCUT2D eigenvalue weighted by molar-refractivity contribution is 7.99. The van der Waals surface area contributed by atoms with Gasteiger partial charge >= 0.3 is 0 Å². The molecule has 0 aliphatic carbocycles. The average Bonchev–Trinajstić information content (AvgIpc) is 2.85. The molecular formula is C14H22N2S. The minimum atomic E-state index is 0.744. The predicted molar refractivity (Wildman–Crippen MR) is 75.8 cm³/mol. The molecule has 0 amide bonds. The summed E-state index contributed by atoms with van der Waals surface area (Å²) in [5.41, 5.74) is 1.34. The van der Waals surface area contributed by atoms with Gasteiger partial charge in [0, 0.05) is 29.8 Å². The van der Waals surface area contributed by atoms with Crippen molar-refractivity contribution in [2.24, 2.45) is 0 Å². The molecule has 0 bridgehead atoms. The van der Waals surface area contributed by atoms with E-state index in [-0.39, 0.29) is 0 Å². The van der Waals surface area contributed by atoms with Crippen LogP contribution in [-0.2, 0) is 0 Å². The Morgan fingerprint density at radius 2 is 2.12 bits per heavy atom. The third-order valence-electron chi connectivity index (χ3n) is 3.39. The van der Waals surface area contributed by atoms with Crippen LogP contribution in [0.15, 0.2) is 29.2 Å². The van der Waals surface area contributed by atoms with Gasteiger partial charge < -0.3 is 10.2 Å². The molecule has 0 spiro atoms. The second-order valence-corrected chi connectivity index (χ2v) is 5.96. The van der Waals surface area contributed by atoms with Gasteiger partial charge in [-0.05, 0) is 39.1 Å². The second-order valence-electron chi connectivity index (χ2n) is 4.79. The highest BCUT2D eigenvalue weighted by Gasteiger charge is 2.18. The molecule has 3 heteroatoms. The van der Waals surface area contributed by atoms with Crippen LogP contribution in [0, 0.1) is 6.92 Å². The lowest BCUT2D eigenvalue weighted by Crippen LogP contribution is -2.34. The maximum atomic E-state index is 3.42. The molecule has 2 rings (SSSR count). The van der Waals surface area contributed by atoms with E-state index >= 15 is 0 Å². The minimum absolute atomic E-state index is 0.744. The fourth-order valence-corrected chi connectivity index (χ4v) is 3.08. The van der Waals surface area contributed by atoms with E-state index in [0.29, 0.717) is 0 Å². The number of nitrogens with one attached hydrogen (secondary N) is 1. The number of hydrogen-bond acceptors (Lipinski definition) is 3. The van der Waals surface area contributed by atoms with Crippen molar-refractivity contribution in [3.05, 3.63) is 29.8 Å². The second kappa shape index (κ2) is 6.43. The van der Waals surface area contributed by atoms with Crippen LogP contribution in [0.2, 0.25) is 0 Å². The van der Waals surface area contributed by atoms with Crippen molar-refractivity contribution >= 4 is 11.8 Å². The monoisotopic (exact) mass is 250 g/mol. The lowest BCUT2D eigenvalue weighted by molar-refractivity contribution is 0.273. The van der Waals surface area contributed by atoms with Gasteiger partial charge in [0.2, 0.25) is 0 Å². The van der Waals surface area contributed by atoms with Gasteiger partial charge in [-0.2, -0.15) is 0 Å². The fraction of sp³-hybridized carbons (Fsp3) is 0.571. The highest BCUT2D eigenvalue weighted by atomic mass is 32.2. The van der Waals surface area contributed by atoms with Crippen molar-refractivity contribution in [3.63, 3.8) is 0 Å². The summed E-state index contributed by atoms with van der Waals surface area (Å²) in [5.74, 6) is 1.18. The zero-order chi connectivity index (χ0) is 12.1. The van der Waals surface area contributed by atoms with Crippen LogP contribution in [0.3, 0.4) is 0 Å². The molecule has 1 fully saturated rings. The highest BCUT2D eigenvalue weighted by Crippen LogP contribution is 2.18. The molecule has 1 unspecified atom stereocenters. The van der Waals surface area contributed by atoms with Gasteiger partial charge in [-0.1, -0.05) is 17.7 Å². The molecule has 1 aromatic carbocycles. The van der Waals surface area contributed by atoms with Crippen molar-refractivity contribution in [2.45, 2.75) is 24.3 Å². The molecule has 1 N–H and O–H groups in total. The van der Waals surface area contributed by atoms with Crippen molar-refractivity contribution in [1.29, 1.82) is 0 Å². The van der Waals surface area contributed by atoms with E-state index in [0.717, 1.165) is 12.6 Å². The normalized spacial score (nSPS) is 20.1. The van der Waals surface area contributed by atoms with Gasteiger partial charge in [-0.15, -0.1) is 11.8 Å². The molecule has 1 atom stereocenters. The Labute approximate surface area is 109 Å². The Morgan fingerprint density at radius 3 is 2.76 bits per heavy atom. The van der Waals surface area contributed by atoms with Crippen LogP contribution >= 0.6 is 11.8 Å². The number of nitrogens with zero attached hydrogens (tertiary/aromatic N) is 1. The summed E-state index contributed by atoms with van der Waals surface area (Å²) in [7, 11) is 2.24. The number of aryl methyl sites for hydroxylation is 1. The van der Waals surface area contributed by atoms with Gasteiger partial charge in [-0.3, -0.25) is 0 Å². The zero-order valence-corrected chi connectivity index (χ0v) is 11.6. The van der Waals surface area contributed by atoms with Crippen molar-refractivity contribution in [3.8, 4) is 0 Å². The van der Waals surface area contributed by atoms with E-state index in [4.69, 9.17) is 0 Å². The molecule has 0 aromatic heterocycles. The lowest BCUT2D eigenvalue weighted by Gasteiger charge is -2.22. The van der Waals surface area contributed by atoms with Crippen LogP contribution in [-0.4, -0.2) is 43.4 Å². The summed E-state index contributed by atoms with van der Waals surface area (Å²) in [6, 6.07) is 9.56. The first-order valence-corrected chi connectivity index (χ1v) is 7.35. The lowest BCUT2D eigenvalue weighted by atomic mass is 10.2. The van der Waals surface area contributed by atoms with Crippen LogP contribution in [0.4, 0.5) is 0 Å². The van der Waals surface area contributed by atoms with Gasteiger partial charge in [0.1, 0.15) is 0 Å². The van der Waals surface area contributed by atoms with Crippen LogP contribution in [0.1, 0.15) is 12.0 Å². The summed E-state index contributed by atoms with van der Waals surface area (Å²) in [5, 5.41) is 3.42. The van der Waals surface area contributed by atoms with Gasteiger partial charge in [0.15, 0.2) is 0 Å². The Morgan fingerprint density at radius 1 is 1.35 bits per heavy atom. The summed E-state index contributed by atoms with van der Waals surface area (Å²) in [6.07, 6.45) is 1.30. The summed E-state index contributed by atoms with van der Waals surface area (Å²) in [6.45, 7) is 5.64. The molecule has 2 nitrogen and oxygen atoms in total. The Kier molecular flexibility index (Phi) is 4.89. The fourth-order valence-electron chi connectivity index (χ4n) is 2.14. The molecule has 1 saturated heterocycles. The molecule has 1 aromatic rings. The first-order chi connectivity index (χ1) is 8.25. The van der Waals surface area contributed by atoms with Gasteiger partial charge in [0.25, 0.3) is 0 Å². The zero-order valence-electron chi connectivity index (χ0n) is 10.8. The third kappa shape index (κ3) is 4.02. The smallest absolute Gasteiger partial charge is 0.0230 e. The Bertz CT molecular complexity index is 331. The van der Waals surface area contributed by atoms with E-state index in [2.05, 4.69) is 48.5 Å². The quantitative estimate of drug-likeness (QED) is 0.808. The van der Waals surface area contributed by atoms with Crippen LogP contribution in [0.25, 0.3) is 0 Å². The van der Waals surface area contributed by atoms with Crippen LogP contribution < -0.4 is 5.32 Å². The number of likely N-dealkylation sites (N-methyl/N-ethyl adjacent to an activating group) is 1. The average molecular weight is 250 g/mol. The minimum Gasteiger partial charge on any atom is -0.315 e. The van der Waals surface area contributed by atoms with Crippen molar-refractivity contribution in [2.75, 3.05) is 32.4 Å². The number of benzene rings is 1. The number of rotatable bonds is 5. The summed E-state index contributed by atoms with van der Waals surface area (Å²) >= 11 is 1.95. The maximum absolute atomic E-state index is 3.42. The van der Waals surface area contributed by atoms with Crippen LogP contribution in [0.5, 0.6) is 0 Å². The predicted octanol–water partition coefficient (Wildman–Crippen LogP) is 2.38. The van der Waals surface area contributed by atoms with E-state index in [1.807, 2.05) is 11.8 Å². The van der Waals surface area contributed by atoms with E-state index in [1.165, 1.54) is 35.7 Å². The van der Waals surface area contributed by atoms with Crippen molar-refractivity contribution in [1.82, 2.24) is 10.2 Å². The molecule has 0 saturated carbocycles. The number of thioether (sulfide) groups is 1. The maximum Gasteiger partial charge on any atom is 0.0230 e. The van der Waals surface area contributed by atoms with Gasteiger partial charge in [0.05, 0.1) is 0 Å². The van der Waals surface area contributed by atoms with E-state index in [1.54, 1.807) is 0 Å². The summed E-state index contributed by atoms with van der Waals surface area (Å²) < 4.78 is 0. The molecule has 94 valence electrons. The molecule has 1 aliphatic heterocycles. The molecule has 1 heterocycles. The number of hydrogen-bond donors (Lipinski definition) is 1. The van der Waals surface area contributed by atoms with Crippen molar-refractivity contribution < 1.29 is 0 Å². The standard InChI is InChI=1S/C14H22N2S/c1-12-3-5-14(6-4-12)17-10-9-16(2)13-7-8-15-11-13/h3-6,13,15H,7-11H2,1-2H3.